The molecule has 1 heterocycles. The van der Waals surface area contributed by atoms with Crippen LogP contribution in [0.5, 0.6) is 0 Å². The quantitative estimate of drug-likeness (QED) is 0.428. The molecular weight excluding hydrogens is 448 g/mol. The lowest BCUT2D eigenvalue weighted by Crippen LogP contribution is -2.42. The van der Waals surface area contributed by atoms with Gasteiger partial charge in [-0.05, 0) is 42.5 Å². The van der Waals surface area contributed by atoms with E-state index in [1.807, 2.05) is 27.7 Å². The third-order valence-electron chi connectivity index (χ3n) is 5.14. The normalized spacial score (nSPS) is 11.9. The Morgan fingerprint density at radius 3 is 2.23 bits per heavy atom. The van der Waals surface area contributed by atoms with Gasteiger partial charge in [-0.15, -0.1) is 5.10 Å². The Labute approximate surface area is 203 Å². The van der Waals surface area contributed by atoms with Crippen LogP contribution in [-0.2, 0) is 6.54 Å². The molecule has 1 aromatic heterocycles. The van der Waals surface area contributed by atoms with Gasteiger partial charge in [0.05, 0.1) is 23.8 Å². The van der Waals surface area contributed by atoms with Gasteiger partial charge in [0.15, 0.2) is 0 Å². The van der Waals surface area contributed by atoms with E-state index in [0.717, 1.165) is 4.68 Å². The van der Waals surface area contributed by atoms with Crippen LogP contribution < -0.4 is 16.4 Å². The number of anilines is 1. The lowest BCUT2D eigenvalue weighted by atomic mass is 9.99. The highest BCUT2D eigenvalue weighted by molar-refractivity contribution is 6.10. The Balaban J connectivity index is 1.82. The zero-order valence-corrected chi connectivity index (χ0v) is 20.3. The van der Waals surface area contributed by atoms with E-state index in [0.29, 0.717) is 24.2 Å². The molecule has 0 spiro atoms. The Morgan fingerprint density at radius 2 is 1.57 bits per heavy atom. The number of hydrogen-bond donors (Lipinski definition) is 2. The summed E-state index contributed by atoms with van der Waals surface area (Å²) >= 11 is 0. The van der Waals surface area contributed by atoms with Gasteiger partial charge in [0, 0.05) is 5.56 Å². The second kappa shape index (κ2) is 11.4. The summed E-state index contributed by atoms with van der Waals surface area (Å²) < 4.78 is 6.20. The standard InChI is InChI=1S/C26H30N4O5/c1-16(2)14-21(22(31)25-29-30(15-17(3)4)26(34)35-25)28-24(33)19-12-8-9-13-20(19)27-23(32)18-10-6-5-7-11-18/h5-13,16-17,21H,14-15H2,1-4H3,(H,27,32)(H,28,33). The molecule has 0 saturated heterocycles. The Morgan fingerprint density at radius 1 is 0.914 bits per heavy atom. The Hall–Kier alpha value is -4.01. The molecular formula is C26H30N4O5. The molecule has 0 aliphatic heterocycles. The van der Waals surface area contributed by atoms with Gasteiger partial charge in [0.25, 0.3) is 17.7 Å². The van der Waals surface area contributed by atoms with Gasteiger partial charge in [-0.25, -0.2) is 4.79 Å². The van der Waals surface area contributed by atoms with Gasteiger partial charge in [0.2, 0.25) is 5.78 Å². The second-order valence-electron chi connectivity index (χ2n) is 9.13. The number of nitrogens with one attached hydrogen (secondary N) is 2. The molecule has 0 fully saturated rings. The number of carbonyl (C=O) groups excluding carboxylic acids is 3. The Kier molecular flexibility index (Phi) is 8.35. The number of para-hydroxylation sites is 1. The van der Waals surface area contributed by atoms with Gasteiger partial charge in [0.1, 0.15) is 0 Å². The van der Waals surface area contributed by atoms with E-state index in [-0.39, 0.29) is 29.2 Å². The summed E-state index contributed by atoms with van der Waals surface area (Å²) in [7, 11) is 0. The number of hydrogen-bond acceptors (Lipinski definition) is 6. The first-order valence-corrected chi connectivity index (χ1v) is 11.5. The lowest BCUT2D eigenvalue weighted by Gasteiger charge is -2.19. The SMILES string of the molecule is CC(C)CC(NC(=O)c1ccccc1NC(=O)c1ccccc1)C(=O)c1nn(CC(C)C)c(=O)o1. The fourth-order valence-electron chi connectivity index (χ4n) is 3.53. The first-order valence-electron chi connectivity index (χ1n) is 11.5. The lowest BCUT2D eigenvalue weighted by molar-refractivity contribution is 0.0824. The molecule has 0 aliphatic carbocycles. The number of benzene rings is 2. The van der Waals surface area contributed by atoms with E-state index in [1.54, 1.807) is 54.6 Å². The minimum Gasteiger partial charge on any atom is -0.384 e. The molecule has 2 aromatic carbocycles. The molecule has 2 amide bonds. The molecule has 0 saturated carbocycles. The highest BCUT2D eigenvalue weighted by atomic mass is 16.4. The van der Waals surface area contributed by atoms with Gasteiger partial charge in [-0.3, -0.25) is 14.4 Å². The maximum absolute atomic E-state index is 13.2. The van der Waals surface area contributed by atoms with Gasteiger partial charge in [-0.1, -0.05) is 58.0 Å². The zero-order valence-electron chi connectivity index (χ0n) is 20.3. The van der Waals surface area contributed by atoms with Crippen molar-refractivity contribution in [2.75, 3.05) is 5.32 Å². The highest BCUT2D eigenvalue weighted by Gasteiger charge is 2.29. The summed E-state index contributed by atoms with van der Waals surface area (Å²) in [6.45, 7) is 7.96. The predicted molar refractivity (Wildman–Crippen MR) is 131 cm³/mol. The summed E-state index contributed by atoms with van der Waals surface area (Å²) in [5, 5.41) is 9.51. The summed E-state index contributed by atoms with van der Waals surface area (Å²) in [4.78, 5) is 51.0. The van der Waals surface area contributed by atoms with E-state index >= 15 is 0 Å². The topological polar surface area (TPSA) is 123 Å². The van der Waals surface area contributed by atoms with Crippen LogP contribution in [0.2, 0.25) is 0 Å². The van der Waals surface area contributed by atoms with Crippen LogP contribution >= 0.6 is 0 Å². The highest BCUT2D eigenvalue weighted by Crippen LogP contribution is 2.18. The number of carbonyl (C=O) groups is 3. The molecule has 0 radical (unpaired) electrons. The van der Waals surface area contributed by atoms with E-state index in [4.69, 9.17) is 4.42 Å². The fraction of sp³-hybridized carbons (Fsp3) is 0.346. The first kappa shape index (κ1) is 25.6. The molecule has 0 bridgehead atoms. The summed E-state index contributed by atoms with van der Waals surface area (Å²) in [6.07, 6.45) is 0.309. The molecule has 35 heavy (non-hydrogen) atoms. The number of aromatic nitrogens is 2. The minimum absolute atomic E-state index is 0.0572. The number of Topliss-reactive ketones (excluding diaryl/α,β-unsaturated/α-hetero) is 1. The third kappa shape index (κ3) is 6.75. The second-order valence-corrected chi connectivity index (χ2v) is 9.13. The predicted octanol–water partition coefficient (Wildman–Crippen LogP) is 3.77. The van der Waals surface area contributed by atoms with Crippen LogP contribution in [0.15, 0.2) is 63.8 Å². The van der Waals surface area contributed by atoms with Crippen LogP contribution in [0.1, 0.15) is 65.5 Å². The van der Waals surface area contributed by atoms with E-state index in [2.05, 4.69) is 15.7 Å². The van der Waals surface area contributed by atoms with Gasteiger partial charge in [-0.2, -0.15) is 4.68 Å². The summed E-state index contributed by atoms with van der Waals surface area (Å²) in [5.74, 6) is -2.36. The van der Waals surface area contributed by atoms with E-state index in [9.17, 15) is 19.2 Å². The van der Waals surface area contributed by atoms with Crippen LogP contribution in [-0.4, -0.2) is 33.4 Å². The molecule has 9 nitrogen and oxygen atoms in total. The smallest absolute Gasteiger partial charge is 0.384 e. The van der Waals surface area contributed by atoms with Crippen molar-refractivity contribution in [3.63, 3.8) is 0 Å². The van der Waals surface area contributed by atoms with Crippen molar-refractivity contribution in [1.29, 1.82) is 0 Å². The number of rotatable bonds is 10. The third-order valence-corrected chi connectivity index (χ3v) is 5.14. The number of ketones is 1. The van der Waals surface area contributed by atoms with Crippen molar-refractivity contribution < 1.29 is 18.8 Å². The monoisotopic (exact) mass is 478 g/mol. The Bertz CT molecular complexity index is 1240. The zero-order chi connectivity index (χ0) is 25.5. The molecule has 184 valence electrons. The van der Waals surface area contributed by atoms with Crippen LogP contribution in [0.25, 0.3) is 0 Å². The molecule has 1 atom stereocenters. The van der Waals surface area contributed by atoms with Crippen molar-refractivity contribution >= 4 is 23.3 Å². The van der Waals surface area contributed by atoms with Crippen LogP contribution in [0, 0.1) is 11.8 Å². The molecule has 3 rings (SSSR count). The van der Waals surface area contributed by atoms with E-state index < -0.39 is 23.5 Å². The average molecular weight is 479 g/mol. The fourth-order valence-corrected chi connectivity index (χ4v) is 3.53. The molecule has 1 unspecified atom stereocenters. The maximum atomic E-state index is 13.2. The van der Waals surface area contributed by atoms with E-state index in [1.165, 1.54) is 0 Å². The van der Waals surface area contributed by atoms with Crippen molar-refractivity contribution in [1.82, 2.24) is 15.1 Å². The largest absolute Gasteiger partial charge is 0.437 e. The number of nitrogens with zero attached hydrogens (tertiary/aromatic N) is 2. The maximum Gasteiger partial charge on any atom is 0.437 e. The van der Waals surface area contributed by atoms with Crippen molar-refractivity contribution in [2.24, 2.45) is 11.8 Å². The van der Waals surface area contributed by atoms with Crippen LogP contribution in [0.4, 0.5) is 5.69 Å². The average Bonchev–Trinajstić information content (AvgIpc) is 3.18. The molecule has 2 N–H and O–H groups in total. The summed E-state index contributed by atoms with van der Waals surface area (Å²) in [5.41, 5.74) is 0.954. The van der Waals surface area contributed by atoms with Crippen LogP contribution in [0.3, 0.4) is 0 Å². The summed E-state index contributed by atoms with van der Waals surface area (Å²) in [6, 6.07) is 14.2. The first-order chi connectivity index (χ1) is 16.7. The number of amides is 2. The minimum atomic E-state index is -0.967. The van der Waals surface area contributed by atoms with Crippen molar-refractivity contribution in [2.45, 2.75) is 46.7 Å². The molecule has 0 aliphatic rings. The van der Waals surface area contributed by atoms with Gasteiger partial charge >= 0.3 is 5.76 Å². The van der Waals surface area contributed by atoms with Gasteiger partial charge < -0.3 is 15.1 Å². The van der Waals surface area contributed by atoms with Crippen molar-refractivity contribution in [3.8, 4) is 0 Å². The molecule has 3 aromatic rings. The molecule has 9 heteroatoms. The van der Waals surface area contributed by atoms with Crippen molar-refractivity contribution in [3.05, 3.63) is 82.2 Å².